The van der Waals surface area contributed by atoms with E-state index in [0.29, 0.717) is 24.3 Å². The minimum Gasteiger partial charge on any atom is -0.338 e. The molecule has 7 heteroatoms. The Bertz CT molecular complexity index is 575. The van der Waals surface area contributed by atoms with Crippen LogP contribution < -0.4 is 5.32 Å². The fraction of sp³-hybridized carbons (Fsp3) is 0.429. The van der Waals surface area contributed by atoms with E-state index in [1.165, 1.54) is 12.1 Å². The number of nitrogens with one attached hydrogen (secondary N) is 1. The van der Waals surface area contributed by atoms with Gasteiger partial charge in [-0.15, -0.1) is 12.4 Å². The maximum Gasteiger partial charge on any atom is 0.241 e. The Hall–Kier alpha value is -1.50. The largest absolute Gasteiger partial charge is 0.338 e. The van der Waals surface area contributed by atoms with Crippen molar-refractivity contribution in [1.82, 2.24) is 20.4 Å². The summed E-state index contributed by atoms with van der Waals surface area (Å²) in [5, 5.41) is 7.22. The highest BCUT2D eigenvalue weighted by Crippen LogP contribution is 2.18. The average Bonchev–Trinajstić information content (AvgIpc) is 3.09. The Morgan fingerprint density at radius 1 is 1.38 bits per heavy atom. The smallest absolute Gasteiger partial charge is 0.241 e. The molecule has 0 radical (unpaired) electrons. The molecular weight excluding hydrogens is 295 g/mol. The van der Waals surface area contributed by atoms with E-state index >= 15 is 0 Å². The highest BCUT2D eigenvalue weighted by molar-refractivity contribution is 5.85. The van der Waals surface area contributed by atoms with Gasteiger partial charge >= 0.3 is 0 Å². The molecule has 0 bridgehead atoms. The number of benzene rings is 1. The fourth-order valence-electron chi connectivity index (χ4n) is 2.44. The van der Waals surface area contributed by atoms with Crippen molar-refractivity contribution in [3.63, 3.8) is 0 Å². The second-order valence-corrected chi connectivity index (χ2v) is 5.03. The number of nitrogens with zero attached hydrogens (tertiary/aromatic N) is 3. The Morgan fingerprint density at radius 3 is 2.81 bits per heavy atom. The molecule has 1 atom stereocenters. The summed E-state index contributed by atoms with van der Waals surface area (Å²) < 4.78 is 18.1. The van der Waals surface area contributed by atoms with Crippen molar-refractivity contribution in [3.8, 4) is 11.4 Å². The molecule has 1 unspecified atom stereocenters. The van der Waals surface area contributed by atoms with Crippen molar-refractivity contribution in [2.24, 2.45) is 0 Å². The van der Waals surface area contributed by atoms with Gasteiger partial charge in [0.25, 0.3) is 0 Å². The molecule has 1 aromatic carbocycles. The van der Waals surface area contributed by atoms with Gasteiger partial charge in [-0.3, -0.25) is 4.90 Å². The molecule has 0 aliphatic carbocycles. The maximum atomic E-state index is 12.9. The molecule has 21 heavy (non-hydrogen) atoms. The molecule has 0 amide bonds. The number of aromatic nitrogens is 2. The molecule has 1 aliphatic rings. The van der Waals surface area contributed by atoms with Crippen LogP contribution in [-0.2, 0) is 6.54 Å². The standard InChI is InChI=1S/C14H17FN4O.ClH/c1-16-12-6-7-19(8-12)9-13-17-14(18-20-13)10-2-4-11(15)5-3-10;/h2-5,12,16H,6-9H2,1H3;1H. The SMILES string of the molecule is CNC1CCN(Cc2nc(-c3ccc(F)cc3)no2)C1.Cl. The summed E-state index contributed by atoms with van der Waals surface area (Å²) in [5.41, 5.74) is 0.760. The number of likely N-dealkylation sites (tertiary alicyclic amines) is 1. The normalized spacial score (nSPS) is 18.7. The predicted molar refractivity (Wildman–Crippen MR) is 79.7 cm³/mol. The first-order valence-electron chi connectivity index (χ1n) is 6.73. The first kappa shape index (κ1) is 15.9. The number of halogens is 2. The van der Waals surface area contributed by atoms with Crippen LogP contribution in [0.15, 0.2) is 28.8 Å². The van der Waals surface area contributed by atoms with E-state index in [2.05, 4.69) is 20.4 Å². The second kappa shape index (κ2) is 6.98. The van der Waals surface area contributed by atoms with Crippen molar-refractivity contribution < 1.29 is 8.91 Å². The lowest BCUT2D eigenvalue weighted by Crippen LogP contribution is -2.29. The van der Waals surface area contributed by atoms with Gasteiger partial charge in [0.15, 0.2) is 0 Å². The number of rotatable bonds is 4. The van der Waals surface area contributed by atoms with Crippen molar-refractivity contribution >= 4 is 12.4 Å². The zero-order chi connectivity index (χ0) is 13.9. The van der Waals surface area contributed by atoms with Crippen molar-refractivity contribution in [2.45, 2.75) is 19.0 Å². The molecule has 114 valence electrons. The van der Waals surface area contributed by atoms with Crippen LogP contribution in [0.2, 0.25) is 0 Å². The van der Waals surface area contributed by atoms with E-state index < -0.39 is 0 Å². The Morgan fingerprint density at radius 2 is 2.14 bits per heavy atom. The van der Waals surface area contributed by atoms with Gasteiger partial charge in [-0.1, -0.05) is 5.16 Å². The van der Waals surface area contributed by atoms with Crippen LogP contribution >= 0.6 is 12.4 Å². The second-order valence-electron chi connectivity index (χ2n) is 5.03. The summed E-state index contributed by atoms with van der Waals surface area (Å²) in [4.78, 5) is 6.64. The maximum absolute atomic E-state index is 12.9. The van der Waals surface area contributed by atoms with Crippen molar-refractivity contribution in [3.05, 3.63) is 36.0 Å². The van der Waals surface area contributed by atoms with Crippen molar-refractivity contribution in [1.29, 1.82) is 0 Å². The van der Waals surface area contributed by atoms with Crippen LogP contribution in [0.1, 0.15) is 12.3 Å². The van der Waals surface area contributed by atoms with Gasteiger partial charge in [0.05, 0.1) is 6.54 Å². The average molecular weight is 313 g/mol. The van der Waals surface area contributed by atoms with Gasteiger partial charge in [-0.25, -0.2) is 4.39 Å². The van der Waals surface area contributed by atoms with E-state index in [-0.39, 0.29) is 18.2 Å². The lowest BCUT2D eigenvalue weighted by molar-refractivity contribution is 0.263. The predicted octanol–water partition coefficient (Wildman–Crippen LogP) is 2.09. The van der Waals surface area contributed by atoms with Crippen LogP contribution in [0.4, 0.5) is 4.39 Å². The molecule has 2 heterocycles. The molecule has 2 aromatic rings. The lowest BCUT2D eigenvalue weighted by atomic mass is 10.2. The summed E-state index contributed by atoms with van der Waals surface area (Å²) in [7, 11) is 1.98. The van der Waals surface area contributed by atoms with Crippen LogP contribution in [0.25, 0.3) is 11.4 Å². The van der Waals surface area contributed by atoms with Gasteiger partial charge in [0.1, 0.15) is 5.82 Å². The summed E-state index contributed by atoms with van der Waals surface area (Å²) in [6, 6.07) is 6.62. The summed E-state index contributed by atoms with van der Waals surface area (Å²) in [5.74, 6) is 0.832. The van der Waals surface area contributed by atoms with Crippen LogP contribution in [0, 0.1) is 5.82 Å². The van der Waals surface area contributed by atoms with E-state index in [0.717, 1.165) is 25.1 Å². The molecule has 1 aliphatic heterocycles. The Kier molecular flexibility index (Phi) is 5.27. The molecular formula is C14H18ClFN4O. The molecule has 0 saturated carbocycles. The van der Waals surface area contributed by atoms with E-state index in [4.69, 9.17) is 4.52 Å². The van der Waals surface area contributed by atoms with Crippen molar-refractivity contribution in [2.75, 3.05) is 20.1 Å². The highest BCUT2D eigenvalue weighted by atomic mass is 35.5. The first-order valence-corrected chi connectivity index (χ1v) is 6.73. The van der Waals surface area contributed by atoms with Gasteiger partial charge < -0.3 is 9.84 Å². The molecule has 3 rings (SSSR count). The van der Waals surface area contributed by atoms with E-state index in [9.17, 15) is 4.39 Å². The lowest BCUT2D eigenvalue weighted by Gasteiger charge is -2.12. The first-order chi connectivity index (χ1) is 9.74. The van der Waals surface area contributed by atoms with Gasteiger partial charge in [0.2, 0.25) is 11.7 Å². The minimum atomic E-state index is -0.271. The van der Waals surface area contributed by atoms with E-state index in [1.807, 2.05) is 7.05 Å². The number of hydrogen-bond donors (Lipinski definition) is 1. The molecule has 1 fully saturated rings. The van der Waals surface area contributed by atoms with Crippen LogP contribution in [-0.4, -0.2) is 41.2 Å². The van der Waals surface area contributed by atoms with Gasteiger partial charge in [-0.05, 0) is 37.7 Å². The monoisotopic (exact) mass is 312 g/mol. The Balaban J connectivity index is 0.00000161. The van der Waals surface area contributed by atoms with Gasteiger partial charge in [-0.2, -0.15) is 4.98 Å². The quantitative estimate of drug-likeness (QED) is 0.937. The molecule has 0 spiro atoms. The molecule has 1 saturated heterocycles. The topological polar surface area (TPSA) is 54.2 Å². The molecule has 5 nitrogen and oxygen atoms in total. The number of hydrogen-bond acceptors (Lipinski definition) is 5. The molecule has 1 N–H and O–H groups in total. The Labute approximate surface area is 128 Å². The zero-order valence-electron chi connectivity index (χ0n) is 11.8. The van der Waals surface area contributed by atoms with E-state index in [1.54, 1.807) is 12.1 Å². The molecule has 1 aromatic heterocycles. The minimum absolute atomic E-state index is 0. The fourth-order valence-corrected chi connectivity index (χ4v) is 2.44. The zero-order valence-corrected chi connectivity index (χ0v) is 12.6. The van der Waals surface area contributed by atoms with Gasteiger partial charge in [0, 0.05) is 24.7 Å². The van der Waals surface area contributed by atoms with Crippen LogP contribution in [0.3, 0.4) is 0 Å². The third kappa shape index (κ3) is 3.78. The summed E-state index contributed by atoms with van der Waals surface area (Å²) in [6.45, 7) is 2.68. The third-order valence-corrected chi connectivity index (χ3v) is 3.61. The summed E-state index contributed by atoms with van der Waals surface area (Å²) >= 11 is 0. The highest BCUT2D eigenvalue weighted by Gasteiger charge is 2.22. The summed E-state index contributed by atoms with van der Waals surface area (Å²) in [6.07, 6.45) is 1.13. The van der Waals surface area contributed by atoms with Crippen LogP contribution in [0.5, 0.6) is 0 Å². The number of likely N-dealkylation sites (N-methyl/N-ethyl adjacent to an activating group) is 1. The third-order valence-electron chi connectivity index (χ3n) is 3.61.